The molecule has 0 aromatic rings. The molecule has 0 aromatic carbocycles. The van der Waals surface area contributed by atoms with Crippen LogP contribution in [0.5, 0.6) is 0 Å². The predicted octanol–water partition coefficient (Wildman–Crippen LogP) is 8.06. The maximum atomic E-state index is 14.9. The van der Waals surface area contributed by atoms with E-state index in [0.717, 1.165) is 0 Å². The Hall–Kier alpha value is -2.42. The Kier molecular flexibility index (Phi) is 10.00. The number of hydrogen-bond acceptors (Lipinski definition) is 4. The highest BCUT2D eigenvalue weighted by Gasteiger charge is 2.99. The van der Waals surface area contributed by atoms with Gasteiger partial charge in [-0.05, 0) is 0 Å². The molecule has 43 heavy (non-hydrogen) atoms. The minimum absolute atomic E-state index is 1.17. The third-order valence-electron chi connectivity index (χ3n) is 4.79. The zero-order chi connectivity index (χ0) is 35.6. The molecule has 1 atom stereocenters. The van der Waals surface area contributed by atoms with Gasteiger partial charge in [0.15, 0.2) is 0 Å². The average Bonchev–Trinajstić information content (AvgIpc) is 2.79. The highest BCUT2D eigenvalue weighted by molar-refractivity contribution is 7.80. The van der Waals surface area contributed by atoms with Gasteiger partial charge in [0.1, 0.15) is 4.86 Å². The number of alkyl halides is 22. The molecule has 0 N–H and O–H groups in total. The van der Waals surface area contributed by atoms with Crippen LogP contribution in [0.15, 0.2) is 12.7 Å². The number of rotatable bonds is 12. The topological polar surface area (TPSA) is 29.5 Å². The maximum absolute atomic E-state index is 14.9. The summed E-state index contributed by atoms with van der Waals surface area (Å²) in [6, 6.07) is -8.37. The van der Waals surface area contributed by atoms with Crippen molar-refractivity contribution in [2.45, 2.75) is 65.5 Å². The highest BCUT2D eigenvalue weighted by atomic mass is 32.1. The number of nitrogens with zero attached hydrogens (tertiary/aromatic N) is 1. The molecule has 0 saturated heterocycles. The lowest BCUT2D eigenvalue weighted by Gasteiger charge is -2.50. The molecule has 0 saturated carbocycles. The van der Waals surface area contributed by atoms with Crippen LogP contribution in [-0.2, 0) is 9.53 Å². The minimum Gasteiger partial charge on any atom is -0.436 e. The molecule has 28 heteroatoms. The zero-order valence-corrected chi connectivity index (χ0v) is 19.3. The zero-order valence-electron chi connectivity index (χ0n) is 18.5. The van der Waals surface area contributed by atoms with Crippen LogP contribution in [0.3, 0.4) is 0 Å². The monoisotopic (exact) mass is 717 g/mol. The van der Waals surface area contributed by atoms with Gasteiger partial charge in [0, 0.05) is 6.08 Å². The predicted molar refractivity (Wildman–Crippen MR) is 87.4 cm³/mol. The van der Waals surface area contributed by atoms with Crippen LogP contribution in [-0.4, -0.2) is 81.6 Å². The molecule has 0 amide bonds. The van der Waals surface area contributed by atoms with E-state index in [1.165, 1.54) is 0 Å². The summed E-state index contributed by atoms with van der Waals surface area (Å²) in [5, 5.41) is -4.55. The van der Waals surface area contributed by atoms with Gasteiger partial charge in [-0.1, -0.05) is 27.8 Å². The van der Waals surface area contributed by atoms with E-state index in [2.05, 4.69) is 17.0 Å². The molecule has 0 bridgehead atoms. The third-order valence-corrected chi connectivity index (χ3v) is 5.33. The molecule has 0 radical (unpaired) electrons. The standard InChI is InChI=1S/C15H3F24NO2S/c1-2-3(41)42-5(4(43)6(16,17)13(30,31)32,8(20,21)15(36,37)40(38)39)7(18,19)9(22,23)10(24,25)11(26,27)12(28,29)14(33,34)35/h2H,1H2. The summed E-state index contributed by atoms with van der Waals surface area (Å²) in [4.78, 5) is 5.82. The summed E-state index contributed by atoms with van der Waals surface area (Å²) in [5.74, 6) is -67.2. The SMILES string of the molecule is C=CC(=O)OC(C(=S)C(F)(F)C(F)(F)F)(C(F)(F)C(F)(F)N(F)F)C(F)(F)C(F)(F)C(F)(F)C(F)(F)C(F)(F)C(F)(F)F. The van der Waals surface area contributed by atoms with Gasteiger partial charge in [-0.3, -0.25) is 0 Å². The quantitative estimate of drug-likeness (QED) is 0.0511. The number of thiocarbonyl (C=S) groups is 1. The lowest BCUT2D eigenvalue weighted by molar-refractivity contribution is -0.470. The van der Waals surface area contributed by atoms with Gasteiger partial charge in [0.05, 0.1) is 5.34 Å². The van der Waals surface area contributed by atoms with Crippen molar-refractivity contribution in [3.63, 3.8) is 0 Å². The number of halogens is 24. The molecule has 0 aliphatic rings. The van der Waals surface area contributed by atoms with Crippen LogP contribution < -0.4 is 0 Å². The van der Waals surface area contributed by atoms with Crippen LogP contribution in [0.1, 0.15) is 0 Å². The van der Waals surface area contributed by atoms with Crippen LogP contribution in [0.2, 0.25) is 0 Å². The van der Waals surface area contributed by atoms with Gasteiger partial charge >= 0.3 is 65.8 Å². The summed E-state index contributed by atoms with van der Waals surface area (Å²) in [6.07, 6.45) is -17.4. The third kappa shape index (κ3) is 5.21. The molecule has 0 aromatic heterocycles. The van der Waals surface area contributed by atoms with Crippen molar-refractivity contribution in [2.24, 2.45) is 0 Å². The molecule has 0 aliphatic heterocycles. The Labute approximate surface area is 222 Å². The Morgan fingerprint density at radius 3 is 1.16 bits per heavy atom. The van der Waals surface area contributed by atoms with E-state index in [4.69, 9.17) is 0 Å². The van der Waals surface area contributed by atoms with Crippen molar-refractivity contribution >= 4 is 23.1 Å². The molecule has 0 rings (SSSR count). The molecule has 0 heterocycles. The van der Waals surface area contributed by atoms with Crippen LogP contribution in [0.4, 0.5) is 106 Å². The molecule has 3 nitrogen and oxygen atoms in total. The van der Waals surface area contributed by atoms with Gasteiger partial charge in [0.25, 0.3) is 5.60 Å². The number of esters is 1. The first-order valence-corrected chi connectivity index (χ1v) is 9.39. The van der Waals surface area contributed by atoms with Crippen molar-refractivity contribution in [1.29, 1.82) is 0 Å². The van der Waals surface area contributed by atoms with Crippen molar-refractivity contribution in [3.8, 4) is 0 Å². The van der Waals surface area contributed by atoms with Crippen molar-refractivity contribution < 1.29 is 115 Å². The van der Waals surface area contributed by atoms with Gasteiger partial charge in [-0.2, -0.15) is 96.6 Å². The summed E-state index contributed by atoms with van der Waals surface area (Å²) < 4.78 is 326. The molecule has 0 aliphatic carbocycles. The molecular weight excluding hydrogens is 714 g/mol. The molecule has 254 valence electrons. The average molecular weight is 717 g/mol. The van der Waals surface area contributed by atoms with E-state index in [1.807, 2.05) is 6.58 Å². The molecule has 0 spiro atoms. The van der Waals surface area contributed by atoms with Gasteiger partial charge in [-0.25, -0.2) is 4.79 Å². The van der Waals surface area contributed by atoms with Crippen LogP contribution in [0, 0.1) is 0 Å². The second kappa shape index (κ2) is 10.6. The first kappa shape index (κ1) is 40.6. The van der Waals surface area contributed by atoms with Gasteiger partial charge in [-0.15, -0.1) is 0 Å². The Balaban J connectivity index is 8.65. The number of ether oxygens (including phenoxy) is 1. The number of hydrogen-bond donors (Lipinski definition) is 0. The summed E-state index contributed by atoms with van der Waals surface area (Å²) in [5.41, 5.74) is -8.64. The summed E-state index contributed by atoms with van der Waals surface area (Å²) in [7, 11) is 0. The molecule has 0 fully saturated rings. The lowest BCUT2D eigenvalue weighted by atomic mass is 9.75. The highest BCUT2D eigenvalue weighted by Crippen LogP contribution is 2.66. The smallest absolute Gasteiger partial charge is 0.436 e. The fourth-order valence-corrected chi connectivity index (χ4v) is 2.92. The van der Waals surface area contributed by atoms with E-state index in [-0.39, 0.29) is 0 Å². The van der Waals surface area contributed by atoms with Crippen molar-refractivity contribution in [2.75, 3.05) is 0 Å². The minimum atomic E-state index is -9.57. The van der Waals surface area contributed by atoms with E-state index >= 15 is 0 Å². The summed E-state index contributed by atoms with van der Waals surface area (Å²) in [6.45, 7) is 1.94. The number of carbonyl (C=O) groups excluding carboxylic acids is 1. The Morgan fingerprint density at radius 1 is 0.558 bits per heavy atom. The lowest BCUT2D eigenvalue weighted by Crippen LogP contribution is -2.83. The first-order chi connectivity index (χ1) is 18.3. The van der Waals surface area contributed by atoms with Crippen LogP contribution in [0.25, 0.3) is 0 Å². The molecular formula is C15H3F24NO2S. The largest absolute Gasteiger partial charge is 0.460 e. The summed E-state index contributed by atoms with van der Waals surface area (Å²) >= 11 is 2.68. The Bertz CT molecular complexity index is 1090. The fourth-order valence-electron chi connectivity index (χ4n) is 2.51. The van der Waals surface area contributed by atoms with Crippen molar-refractivity contribution in [1.82, 2.24) is 5.34 Å². The van der Waals surface area contributed by atoms with Gasteiger partial charge in [0.2, 0.25) is 0 Å². The van der Waals surface area contributed by atoms with Crippen molar-refractivity contribution in [3.05, 3.63) is 12.7 Å². The second-order valence-corrected chi connectivity index (χ2v) is 7.83. The normalized spacial score (nSPS) is 17.0. The number of carbonyl (C=O) groups is 1. The second-order valence-electron chi connectivity index (χ2n) is 7.43. The molecule has 1 unspecified atom stereocenters. The van der Waals surface area contributed by atoms with E-state index in [9.17, 15) is 110 Å². The Morgan fingerprint density at radius 2 is 0.884 bits per heavy atom. The van der Waals surface area contributed by atoms with Gasteiger partial charge < -0.3 is 4.74 Å². The van der Waals surface area contributed by atoms with Crippen LogP contribution >= 0.6 is 12.2 Å². The first-order valence-electron chi connectivity index (χ1n) is 8.98. The van der Waals surface area contributed by atoms with E-state index in [1.54, 1.807) is 0 Å². The maximum Gasteiger partial charge on any atom is 0.460 e. The van der Waals surface area contributed by atoms with E-state index in [0.29, 0.717) is 0 Å². The fraction of sp³-hybridized carbons (Fsp3) is 0.733. The van der Waals surface area contributed by atoms with E-state index < -0.39 is 87.7 Å².